The predicted molar refractivity (Wildman–Crippen MR) is 158 cm³/mol. The monoisotopic (exact) mass is 561 g/mol. The van der Waals surface area contributed by atoms with Crippen molar-refractivity contribution in [2.45, 2.75) is 26.1 Å². The topological polar surface area (TPSA) is 53.6 Å². The van der Waals surface area contributed by atoms with Crippen molar-refractivity contribution in [3.8, 4) is 16.9 Å². The molecule has 41 heavy (non-hydrogen) atoms. The van der Waals surface area contributed by atoms with Gasteiger partial charge in [0.2, 0.25) is 0 Å². The number of anilines is 2. The Kier molecular flexibility index (Phi) is 8.03. The van der Waals surface area contributed by atoms with E-state index in [4.69, 9.17) is 0 Å². The molecule has 7 nitrogen and oxygen atoms in total. The van der Waals surface area contributed by atoms with Gasteiger partial charge in [-0.2, -0.15) is 18.3 Å². The summed E-state index contributed by atoms with van der Waals surface area (Å²) in [7, 11) is 5.81. The number of aryl methyl sites for hydroxylation is 1. The van der Waals surface area contributed by atoms with Crippen LogP contribution in [0.1, 0.15) is 23.1 Å². The van der Waals surface area contributed by atoms with Crippen molar-refractivity contribution in [3.63, 3.8) is 0 Å². The fraction of sp³-hybridized carbons (Fsp3) is 0.290. The number of imidazole rings is 1. The van der Waals surface area contributed by atoms with Gasteiger partial charge in [0.25, 0.3) is 0 Å². The van der Waals surface area contributed by atoms with Gasteiger partial charge in [0, 0.05) is 67.9 Å². The number of alkyl halides is 3. The van der Waals surface area contributed by atoms with Crippen molar-refractivity contribution in [2.24, 2.45) is 0 Å². The summed E-state index contributed by atoms with van der Waals surface area (Å²) >= 11 is 0. The van der Waals surface area contributed by atoms with Crippen LogP contribution in [0.2, 0.25) is 0 Å². The molecule has 0 atom stereocenters. The molecule has 0 amide bonds. The molecule has 3 heterocycles. The maximum atomic E-state index is 13.8. The summed E-state index contributed by atoms with van der Waals surface area (Å²) in [5, 5.41) is 8.01. The SMILES string of the molecule is Cc1ccc(NCc2cc(N(C)CCCN(C)C)cc(C(F)(F)F)c2)cc1-n1ccn2nc(-c3cccnc3)cc12. The Morgan fingerprint density at radius 3 is 2.51 bits per heavy atom. The number of nitrogens with one attached hydrogen (secondary N) is 1. The highest BCUT2D eigenvalue weighted by Crippen LogP contribution is 2.33. The smallest absolute Gasteiger partial charge is 0.381 e. The third-order valence-electron chi connectivity index (χ3n) is 7.09. The Morgan fingerprint density at radius 1 is 0.951 bits per heavy atom. The molecule has 3 aromatic heterocycles. The molecule has 0 unspecified atom stereocenters. The zero-order chi connectivity index (χ0) is 29.1. The van der Waals surface area contributed by atoms with Crippen molar-refractivity contribution >= 4 is 17.0 Å². The van der Waals surface area contributed by atoms with E-state index in [9.17, 15) is 13.2 Å². The van der Waals surface area contributed by atoms with Crippen LogP contribution in [0.3, 0.4) is 0 Å². The predicted octanol–water partition coefficient (Wildman–Crippen LogP) is 6.51. The van der Waals surface area contributed by atoms with Gasteiger partial charge in [0.05, 0.1) is 16.9 Å². The van der Waals surface area contributed by atoms with E-state index in [0.29, 0.717) is 17.8 Å². The molecule has 0 spiro atoms. The summed E-state index contributed by atoms with van der Waals surface area (Å²) < 4.78 is 45.2. The van der Waals surface area contributed by atoms with E-state index in [1.807, 2.05) is 92.3 Å². The summed E-state index contributed by atoms with van der Waals surface area (Å²) in [6.45, 7) is 3.81. The van der Waals surface area contributed by atoms with E-state index in [0.717, 1.165) is 46.8 Å². The minimum atomic E-state index is -4.42. The molecule has 0 aliphatic carbocycles. The fourth-order valence-corrected chi connectivity index (χ4v) is 4.84. The second-order valence-electron chi connectivity index (χ2n) is 10.6. The van der Waals surface area contributed by atoms with E-state index < -0.39 is 11.7 Å². The lowest BCUT2D eigenvalue weighted by molar-refractivity contribution is -0.137. The third kappa shape index (κ3) is 6.54. The molecule has 0 saturated carbocycles. The summed E-state index contributed by atoms with van der Waals surface area (Å²) in [5.74, 6) is 0. The molecular formula is C31H34F3N7. The number of rotatable bonds is 10. The Bertz CT molecular complexity index is 1620. The zero-order valence-corrected chi connectivity index (χ0v) is 23.7. The van der Waals surface area contributed by atoms with Gasteiger partial charge in [-0.3, -0.25) is 9.55 Å². The average Bonchev–Trinajstić information content (AvgIpc) is 3.54. The van der Waals surface area contributed by atoms with Gasteiger partial charge >= 0.3 is 6.18 Å². The summed E-state index contributed by atoms with van der Waals surface area (Å²) in [6, 6.07) is 16.1. The minimum absolute atomic E-state index is 0.254. The zero-order valence-electron chi connectivity index (χ0n) is 23.7. The molecule has 5 rings (SSSR count). The molecule has 10 heteroatoms. The third-order valence-corrected chi connectivity index (χ3v) is 7.09. The van der Waals surface area contributed by atoms with Crippen LogP contribution in [0.5, 0.6) is 0 Å². The van der Waals surface area contributed by atoms with Crippen LogP contribution in [0, 0.1) is 6.92 Å². The number of fused-ring (bicyclic) bond motifs is 1. The molecule has 0 aliphatic heterocycles. The fourth-order valence-electron chi connectivity index (χ4n) is 4.84. The van der Waals surface area contributed by atoms with Gasteiger partial charge in [-0.05, 0) is 87.6 Å². The number of nitrogens with zero attached hydrogens (tertiary/aromatic N) is 6. The largest absolute Gasteiger partial charge is 0.416 e. The van der Waals surface area contributed by atoms with Crippen LogP contribution < -0.4 is 10.2 Å². The van der Waals surface area contributed by atoms with E-state index in [2.05, 4.69) is 24.9 Å². The van der Waals surface area contributed by atoms with Crippen LogP contribution in [0.15, 0.2) is 79.4 Å². The highest BCUT2D eigenvalue weighted by molar-refractivity contribution is 5.66. The number of benzene rings is 2. The number of aromatic nitrogens is 4. The van der Waals surface area contributed by atoms with E-state index in [1.165, 1.54) is 12.1 Å². The minimum Gasteiger partial charge on any atom is -0.381 e. The van der Waals surface area contributed by atoms with Crippen LogP contribution in [0.25, 0.3) is 22.6 Å². The van der Waals surface area contributed by atoms with E-state index in [1.54, 1.807) is 12.4 Å². The first-order valence-corrected chi connectivity index (χ1v) is 13.5. The standard InChI is InChI=1S/C31H34F3N7/c1-22-8-9-26(18-29(22)40-13-14-41-30(40)19-28(37-41)24-7-5-10-35-21-24)36-20-23-15-25(31(32,33)34)17-27(16-23)39(4)12-6-11-38(2)3/h5,7-10,13-19,21,36H,6,11-12,20H2,1-4H3. The first-order chi connectivity index (χ1) is 19.6. The van der Waals surface area contributed by atoms with Crippen molar-refractivity contribution in [3.05, 3.63) is 96.1 Å². The second kappa shape index (κ2) is 11.7. The van der Waals surface area contributed by atoms with Crippen molar-refractivity contribution < 1.29 is 13.2 Å². The first kappa shape index (κ1) is 28.2. The number of hydrogen-bond acceptors (Lipinski definition) is 5. The molecule has 0 radical (unpaired) electrons. The molecule has 2 aromatic carbocycles. The number of hydrogen-bond donors (Lipinski definition) is 1. The Labute approximate surface area is 237 Å². The van der Waals surface area contributed by atoms with Crippen molar-refractivity contribution in [1.82, 2.24) is 24.1 Å². The molecule has 0 fully saturated rings. The highest BCUT2D eigenvalue weighted by Gasteiger charge is 2.31. The lowest BCUT2D eigenvalue weighted by Gasteiger charge is -2.23. The highest BCUT2D eigenvalue weighted by atomic mass is 19.4. The maximum Gasteiger partial charge on any atom is 0.416 e. The lowest BCUT2D eigenvalue weighted by Crippen LogP contribution is -2.24. The number of halogens is 3. The Morgan fingerprint density at radius 2 is 1.78 bits per heavy atom. The molecule has 5 aromatic rings. The van der Waals surface area contributed by atoms with Gasteiger partial charge in [-0.1, -0.05) is 6.07 Å². The van der Waals surface area contributed by atoms with E-state index >= 15 is 0 Å². The lowest BCUT2D eigenvalue weighted by atomic mass is 10.1. The molecule has 1 N–H and O–H groups in total. The Hall–Kier alpha value is -4.31. The maximum absolute atomic E-state index is 13.8. The molecular weight excluding hydrogens is 527 g/mol. The van der Waals surface area contributed by atoms with Crippen molar-refractivity contribution in [1.29, 1.82) is 0 Å². The summed E-state index contributed by atoms with van der Waals surface area (Å²) in [4.78, 5) is 8.14. The first-order valence-electron chi connectivity index (χ1n) is 13.5. The van der Waals surface area contributed by atoms with Crippen molar-refractivity contribution in [2.75, 3.05) is 44.4 Å². The Balaban J connectivity index is 1.38. The average molecular weight is 562 g/mol. The number of pyridine rings is 1. The van der Waals surface area contributed by atoms with Gasteiger partial charge in [0.15, 0.2) is 0 Å². The van der Waals surface area contributed by atoms with Gasteiger partial charge in [-0.15, -0.1) is 0 Å². The van der Waals surface area contributed by atoms with Crippen LogP contribution >= 0.6 is 0 Å². The quantitative estimate of drug-likeness (QED) is 0.211. The normalized spacial score (nSPS) is 11.9. The summed E-state index contributed by atoms with van der Waals surface area (Å²) in [6.07, 6.45) is 3.79. The van der Waals surface area contributed by atoms with Crippen LogP contribution in [0.4, 0.5) is 24.5 Å². The van der Waals surface area contributed by atoms with Crippen LogP contribution in [-0.4, -0.2) is 58.3 Å². The molecule has 0 aliphatic rings. The van der Waals surface area contributed by atoms with Crippen LogP contribution in [-0.2, 0) is 12.7 Å². The van der Waals surface area contributed by atoms with Gasteiger partial charge in [0.1, 0.15) is 5.65 Å². The molecule has 0 bridgehead atoms. The summed E-state index contributed by atoms with van der Waals surface area (Å²) in [5.41, 5.74) is 5.94. The second-order valence-corrected chi connectivity index (χ2v) is 10.6. The van der Waals surface area contributed by atoms with E-state index in [-0.39, 0.29) is 6.54 Å². The molecule has 214 valence electrons. The van der Waals surface area contributed by atoms with Gasteiger partial charge in [-0.25, -0.2) is 4.52 Å². The molecule has 0 saturated heterocycles. The van der Waals surface area contributed by atoms with Gasteiger partial charge < -0.3 is 15.1 Å².